The first-order chi connectivity index (χ1) is 8.60. The lowest BCUT2D eigenvalue weighted by molar-refractivity contribution is -0.119. The van der Waals surface area contributed by atoms with E-state index < -0.39 is 0 Å². The number of aliphatic hydroxyl groups is 1. The lowest BCUT2D eigenvalue weighted by Crippen LogP contribution is -2.51. The first-order valence-electron chi connectivity index (χ1n) is 6.29. The molecular weight excluding hydrogens is 228 g/mol. The fourth-order valence-electron chi connectivity index (χ4n) is 2.20. The van der Waals surface area contributed by atoms with Crippen molar-refractivity contribution in [3.05, 3.63) is 29.3 Å². The molecule has 4 heteroatoms. The van der Waals surface area contributed by atoms with Gasteiger partial charge in [0, 0.05) is 31.3 Å². The van der Waals surface area contributed by atoms with Gasteiger partial charge < -0.3 is 10.4 Å². The molecule has 1 aromatic carbocycles. The predicted molar refractivity (Wildman–Crippen MR) is 71.6 cm³/mol. The summed E-state index contributed by atoms with van der Waals surface area (Å²) in [5.74, 6) is 0.360. The van der Waals surface area contributed by atoms with E-state index in [0.29, 0.717) is 12.5 Å². The number of carbonyl (C=O) groups excluding carboxylic acids is 1. The van der Waals surface area contributed by atoms with Crippen molar-refractivity contribution in [2.45, 2.75) is 13.8 Å². The SMILES string of the molecule is Cc1cccc(NC(=O)CN2CC(CO)C2)c1C. The van der Waals surface area contributed by atoms with Crippen molar-refractivity contribution in [3.8, 4) is 0 Å². The highest BCUT2D eigenvalue weighted by atomic mass is 16.3. The maximum absolute atomic E-state index is 11.9. The van der Waals surface area contributed by atoms with Crippen LogP contribution in [-0.2, 0) is 4.79 Å². The van der Waals surface area contributed by atoms with Gasteiger partial charge in [0.25, 0.3) is 0 Å². The molecular formula is C14H20N2O2. The van der Waals surface area contributed by atoms with Gasteiger partial charge in [-0.25, -0.2) is 0 Å². The van der Waals surface area contributed by atoms with Gasteiger partial charge in [-0.15, -0.1) is 0 Å². The second kappa shape index (κ2) is 5.50. The summed E-state index contributed by atoms with van der Waals surface area (Å²) in [6.45, 7) is 6.30. The molecule has 0 aromatic heterocycles. The van der Waals surface area contributed by atoms with Crippen LogP contribution in [0.15, 0.2) is 18.2 Å². The van der Waals surface area contributed by atoms with Gasteiger partial charge in [0.05, 0.1) is 6.54 Å². The van der Waals surface area contributed by atoms with Crippen LogP contribution in [0.25, 0.3) is 0 Å². The molecule has 0 spiro atoms. The zero-order chi connectivity index (χ0) is 13.1. The van der Waals surface area contributed by atoms with Gasteiger partial charge in [-0.2, -0.15) is 0 Å². The van der Waals surface area contributed by atoms with Gasteiger partial charge >= 0.3 is 0 Å². The van der Waals surface area contributed by atoms with Crippen molar-refractivity contribution >= 4 is 11.6 Å². The maximum Gasteiger partial charge on any atom is 0.238 e. The molecule has 1 fully saturated rings. The molecule has 4 nitrogen and oxygen atoms in total. The zero-order valence-corrected chi connectivity index (χ0v) is 10.9. The Morgan fingerprint density at radius 1 is 1.44 bits per heavy atom. The Labute approximate surface area is 108 Å². The van der Waals surface area contributed by atoms with Crippen molar-refractivity contribution in [3.63, 3.8) is 0 Å². The van der Waals surface area contributed by atoms with Crippen LogP contribution >= 0.6 is 0 Å². The summed E-state index contributed by atoms with van der Waals surface area (Å²) in [5.41, 5.74) is 3.18. The number of hydrogen-bond acceptors (Lipinski definition) is 3. The van der Waals surface area contributed by atoms with Crippen molar-refractivity contribution in [1.29, 1.82) is 0 Å². The molecule has 98 valence electrons. The van der Waals surface area contributed by atoms with Crippen LogP contribution in [0.1, 0.15) is 11.1 Å². The number of nitrogens with zero attached hydrogens (tertiary/aromatic N) is 1. The normalized spacial score (nSPS) is 16.4. The van der Waals surface area contributed by atoms with Crippen LogP contribution in [0.3, 0.4) is 0 Å². The molecule has 1 amide bonds. The molecule has 0 aliphatic carbocycles. The van der Waals surface area contributed by atoms with E-state index in [1.165, 1.54) is 5.56 Å². The summed E-state index contributed by atoms with van der Waals surface area (Å²) in [7, 11) is 0. The smallest absolute Gasteiger partial charge is 0.238 e. The Bertz CT molecular complexity index is 439. The highest BCUT2D eigenvalue weighted by molar-refractivity contribution is 5.93. The molecule has 0 unspecified atom stereocenters. The molecule has 1 heterocycles. The van der Waals surface area contributed by atoms with Gasteiger partial charge in [0.15, 0.2) is 0 Å². The van der Waals surface area contributed by atoms with Gasteiger partial charge in [-0.3, -0.25) is 9.69 Å². The molecule has 2 rings (SSSR count). The largest absolute Gasteiger partial charge is 0.396 e. The lowest BCUT2D eigenvalue weighted by Gasteiger charge is -2.37. The van der Waals surface area contributed by atoms with E-state index in [1.807, 2.05) is 36.9 Å². The van der Waals surface area contributed by atoms with Crippen LogP contribution in [0.4, 0.5) is 5.69 Å². The molecule has 2 N–H and O–H groups in total. The Morgan fingerprint density at radius 2 is 2.17 bits per heavy atom. The van der Waals surface area contributed by atoms with E-state index in [4.69, 9.17) is 5.11 Å². The number of aryl methyl sites for hydroxylation is 1. The fraction of sp³-hybridized carbons (Fsp3) is 0.500. The molecule has 1 aromatic rings. The van der Waals surface area contributed by atoms with E-state index in [-0.39, 0.29) is 12.5 Å². The number of aliphatic hydroxyl groups excluding tert-OH is 1. The minimum Gasteiger partial charge on any atom is -0.396 e. The standard InChI is InChI=1S/C14H20N2O2/c1-10-4-3-5-13(11(10)2)15-14(18)8-16-6-12(7-16)9-17/h3-5,12,17H,6-9H2,1-2H3,(H,15,18). The monoisotopic (exact) mass is 248 g/mol. The van der Waals surface area contributed by atoms with Crippen LogP contribution in [-0.4, -0.2) is 42.2 Å². The van der Waals surface area contributed by atoms with Crippen LogP contribution in [0, 0.1) is 19.8 Å². The molecule has 1 aliphatic heterocycles. The number of benzene rings is 1. The zero-order valence-electron chi connectivity index (χ0n) is 10.9. The van der Waals surface area contributed by atoms with E-state index >= 15 is 0 Å². The third-order valence-corrected chi connectivity index (χ3v) is 3.54. The molecule has 0 saturated carbocycles. The van der Waals surface area contributed by atoms with E-state index in [1.54, 1.807) is 0 Å². The number of rotatable bonds is 4. The fourth-order valence-corrected chi connectivity index (χ4v) is 2.20. The number of nitrogens with one attached hydrogen (secondary N) is 1. The second-order valence-electron chi connectivity index (χ2n) is 5.04. The van der Waals surface area contributed by atoms with Gasteiger partial charge in [-0.1, -0.05) is 12.1 Å². The molecule has 0 bridgehead atoms. The lowest BCUT2D eigenvalue weighted by atomic mass is 10.0. The van der Waals surface area contributed by atoms with Crippen LogP contribution in [0.5, 0.6) is 0 Å². The molecule has 1 saturated heterocycles. The van der Waals surface area contributed by atoms with Gasteiger partial charge in [0.1, 0.15) is 0 Å². The van der Waals surface area contributed by atoms with Crippen molar-refractivity contribution < 1.29 is 9.90 Å². The Balaban J connectivity index is 1.86. The summed E-state index contributed by atoms with van der Waals surface area (Å²) < 4.78 is 0. The number of amides is 1. The summed E-state index contributed by atoms with van der Waals surface area (Å²) in [5, 5.41) is 11.9. The van der Waals surface area contributed by atoms with Crippen molar-refractivity contribution in [1.82, 2.24) is 4.90 Å². The van der Waals surface area contributed by atoms with E-state index in [9.17, 15) is 4.79 Å². The van der Waals surface area contributed by atoms with E-state index in [0.717, 1.165) is 24.3 Å². The Morgan fingerprint density at radius 3 is 2.83 bits per heavy atom. The molecule has 1 aliphatic rings. The first-order valence-corrected chi connectivity index (χ1v) is 6.29. The highest BCUT2D eigenvalue weighted by Gasteiger charge is 2.27. The van der Waals surface area contributed by atoms with Gasteiger partial charge in [-0.05, 0) is 31.0 Å². The second-order valence-corrected chi connectivity index (χ2v) is 5.04. The number of anilines is 1. The Hall–Kier alpha value is -1.39. The average molecular weight is 248 g/mol. The average Bonchev–Trinajstić information content (AvgIpc) is 2.29. The summed E-state index contributed by atoms with van der Waals surface area (Å²) >= 11 is 0. The van der Waals surface area contributed by atoms with Crippen molar-refractivity contribution in [2.75, 3.05) is 31.6 Å². The highest BCUT2D eigenvalue weighted by Crippen LogP contribution is 2.18. The molecule has 0 radical (unpaired) electrons. The molecule has 0 atom stereocenters. The summed E-state index contributed by atoms with van der Waals surface area (Å²) in [4.78, 5) is 13.9. The maximum atomic E-state index is 11.9. The van der Waals surface area contributed by atoms with Crippen LogP contribution in [0.2, 0.25) is 0 Å². The molecule has 18 heavy (non-hydrogen) atoms. The predicted octanol–water partition coefficient (Wildman–Crippen LogP) is 1.17. The quantitative estimate of drug-likeness (QED) is 0.841. The number of hydrogen-bond donors (Lipinski definition) is 2. The third-order valence-electron chi connectivity index (χ3n) is 3.54. The third kappa shape index (κ3) is 2.89. The van der Waals surface area contributed by atoms with Gasteiger partial charge in [0.2, 0.25) is 5.91 Å². The number of carbonyl (C=O) groups is 1. The topological polar surface area (TPSA) is 52.6 Å². The van der Waals surface area contributed by atoms with E-state index in [2.05, 4.69) is 5.32 Å². The van der Waals surface area contributed by atoms with Crippen LogP contribution < -0.4 is 5.32 Å². The Kier molecular flexibility index (Phi) is 3.99. The summed E-state index contributed by atoms with van der Waals surface area (Å²) in [6, 6.07) is 5.91. The minimum absolute atomic E-state index is 0.0140. The van der Waals surface area contributed by atoms with Crippen molar-refractivity contribution in [2.24, 2.45) is 5.92 Å². The first kappa shape index (κ1) is 13.1. The summed E-state index contributed by atoms with van der Waals surface area (Å²) in [6.07, 6.45) is 0. The number of likely N-dealkylation sites (tertiary alicyclic amines) is 1. The minimum atomic E-state index is 0.0140.